The minimum Gasteiger partial charge on any atom is -0.507 e. The van der Waals surface area contributed by atoms with Gasteiger partial charge in [0.05, 0.1) is 0 Å². The fourth-order valence-electron chi connectivity index (χ4n) is 1.26. The number of phenolic OH excluding ortho intramolecular Hbond substituents is 1. The van der Waals surface area contributed by atoms with Gasteiger partial charge in [-0.1, -0.05) is 6.07 Å². The number of aromatic hydroxyl groups is 1. The summed E-state index contributed by atoms with van der Waals surface area (Å²) in [5.41, 5.74) is 0.609. The van der Waals surface area contributed by atoms with Crippen molar-refractivity contribution in [3.63, 3.8) is 0 Å². The lowest BCUT2D eigenvalue weighted by molar-refractivity contribution is -0.147. The summed E-state index contributed by atoms with van der Waals surface area (Å²) in [6.07, 6.45) is 0.0645. The van der Waals surface area contributed by atoms with Crippen LogP contribution in [0.3, 0.4) is 0 Å². The lowest BCUT2D eigenvalue weighted by Crippen LogP contribution is -2.12. The molecule has 1 atom stereocenters. The van der Waals surface area contributed by atoms with Crippen molar-refractivity contribution in [3.05, 3.63) is 23.3 Å². The SMILES string of the molecule is CSc1ccc(C)c(O)c1C(O)C(=O)O. The van der Waals surface area contributed by atoms with Crippen molar-refractivity contribution in [1.29, 1.82) is 0 Å². The summed E-state index contributed by atoms with van der Waals surface area (Å²) >= 11 is 1.28. The molecule has 0 heterocycles. The topological polar surface area (TPSA) is 77.8 Å². The van der Waals surface area contributed by atoms with Crippen molar-refractivity contribution in [1.82, 2.24) is 0 Å². The molecule has 15 heavy (non-hydrogen) atoms. The Labute approximate surface area is 91.6 Å². The summed E-state index contributed by atoms with van der Waals surface area (Å²) in [4.78, 5) is 11.2. The predicted octanol–water partition coefficient (Wildman–Crippen LogP) is 1.54. The summed E-state index contributed by atoms with van der Waals surface area (Å²) in [6.45, 7) is 1.65. The lowest BCUT2D eigenvalue weighted by Gasteiger charge is -2.14. The highest BCUT2D eigenvalue weighted by molar-refractivity contribution is 7.98. The summed E-state index contributed by atoms with van der Waals surface area (Å²) in [5.74, 6) is -1.53. The van der Waals surface area contributed by atoms with Gasteiger partial charge in [0.2, 0.25) is 0 Å². The normalized spacial score (nSPS) is 12.5. The van der Waals surface area contributed by atoms with Gasteiger partial charge in [-0.3, -0.25) is 0 Å². The second-order valence-electron chi connectivity index (χ2n) is 3.09. The molecule has 5 heteroatoms. The highest BCUT2D eigenvalue weighted by Gasteiger charge is 2.23. The number of hydrogen-bond acceptors (Lipinski definition) is 4. The van der Waals surface area contributed by atoms with Crippen LogP contribution < -0.4 is 0 Å². The number of phenols is 1. The zero-order valence-corrected chi connectivity index (χ0v) is 9.21. The van der Waals surface area contributed by atoms with Crippen molar-refractivity contribution < 1.29 is 20.1 Å². The quantitative estimate of drug-likeness (QED) is 0.684. The number of thioether (sulfide) groups is 1. The molecular formula is C10H12O4S. The third-order valence-corrected chi connectivity index (χ3v) is 2.90. The summed E-state index contributed by atoms with van der Waals surface area (Å²) in [5, 5.41) is 27.8. The van der Waals surface area contributed by atoms with Crippen LogP contribution in [-0.2, 0) is 4.79 Å². The maximum absolute atomic E-state index is 10.7. The van der Waals surface area contributed by atoms with Crippen LogP contribution in [0.25, 0.3) is 0 Å². The molecule has 0 amide bonds. The summed E-state index contributed by atoms with van der Waals surface area (Å²) in [6, 6.07) is 3.36. The molecule has 82 valence electrons. The van der Waals surface area contributed by atoms with Crippen molar-refractivity contribution >= 4 is 17.7 Å². The molecule has 0 saturated heterocycles. The molecule has 0 bridgehead atoms. The number of carboxylic acid groups (broad SMARTS) is 1. The van der Waals surface area contributed by atoms with Crippen LogP contribution in [0.2, 0.25) is 0 Å². The van der Waals surface area contributed by atoms with E-state index in [1.54, 1.807) is 25.3 Å². The van der Waals surface area contributed by atoms with E-state index >= 15 is 0 Å². The van der Waals surface area contributed by atoms with E-state index in [0.717, 1.165) is 0 Å². The average Bonchev–Trinajstić information content (AvgIpc) is 2.20. The van der Waals surface area contributed by atoms with Gasteiger partial charge >= 0.3 is 5.97 Å². The first-order valence-electron chi connectivity index (χ1n) is 4.26. The number of carbonyl (C=O) groups is 1. The Hall–Kier alpha value is -1.20. The third kappa shape index (κ3) is 2.24. The number of carboxylic acids is 1. The number of aliphatic hydroxyl groups excluding tert-OH is 1. The van der Waals surface area contributed by atoms with Gasteiger partial charge in [-0.05, 0) is 24.8 Å². The fraction of sp³-hybridized carbons (Fsp3) is 0.300. The minimum atomic E-state index is -1.69. The number of benzene rings is 1. The molecule has 1 rings (SSSR count). The number of aliphatic hydroxyl groups is 1. The zero-order chi connectivity index (χ0) is 11.6. The van der Waals surface area contributed by atoms with Gasteiger partial charge in [-0.25, -0.2) is 4.79 Å². The first-order valence-corrected chi connectivity index (χ1v) is 5.48. The Kier molecular flexibility index (Phi) is 3.60. The van der Waals surface area contributed by atoms with Crippen LogP contribution in [0.4, 0.5) is 0 Å². The molecule has 0 aliphatic carbocycles. The molecule has 0 aliphatic rings. The molecule has 0 aliphatic heterocycles. The molecule has 0 spiro atoms. The Morgan fingerprint density at radius 3 is 2.53 bits per heavy atom. The monoisotopic (exact) mass is 228 g/mol. The molecule has 1 aromatic rings. The van der Waals surface area contributed by atoms with Crippen LogP contribution in [-0.4, -0.2) is 27.5 Å². The molecule has 0 aromatic heterocycles. The zero-order valence-electron chi connectivity index (χ0n) is 8.39. The number of hydrogen-bond donors (Lipinski definition) is 3. The van der Waals surface area contributed by atoms with Crippen LogP contribution in [0.1, 0.15) is 17.2 Å². The molecule has 4 nitrogen and oxygen atoms in total. The van der Waals surface area contributed by atoms with E-state index in [0.29, 0.717) is 10.5 Å². The third-order valence-electron chi connectivity index (χ3n) is 2.11. The second kappa shape index (κ2) is 4.55. The van der Waals surface area contributed by atoms with Gasteiger partial charge in [0, 0.05) is 10.5 Å². The number of aliphatic carboxylic acids is 1. The van der Waals surface area contributed by atoms with Gasteiger partial charge in [-0.15, -0.1) is 11.8 Å². The molecule has 1 aromatic carbocycles. The molecule has 0 radical (unpaired) electrons. The van der Waals surface area contributed by atoms with Crippen LogP contribution >= 0.6 is 11.8 Å². The standard InChI is InChI=1S/C10H12O4S/c1-5-3-4-6(15-2)7(8(5)11)9(12)10(13)14/h3-4,9,11-12H,1-2H3,(H,13,14). The number of rotatable bonds is 3. The van der Waals surface area contributed by atoms with E-state index in [1.807, 2.05) is 0 Å². The highest BCUT2D eigenvalue weighted by atomic mass is 32.2. The minimum absolute atomic E-state index is 0.0648. The second-order valence-corrected chi connectivity index (χ2v) is 3.94. The van der Waals surface area contributed by atoms with E-state index in [-0.39, 0.29) is 11.3 Å². The maximum atomic E-state index is 10.7. The van der Waals surface area contributed by atoms with Gasteiger partial charge in [0.25, 0.3) is 0 Å². The maximum Gasteiger partial charge on any atom is 0.337 e. The van der Waals surface area contributed by atoms with Gasteiger partial charge in [0.15, 0.2) is 6.10 Å². The lowest BCUT2D eigenvalue weighted by atomic mass is 10.0. The summed E-state index contributed by atoms with van der Waals surface area (Å²) in [7, 11) is 0. The molecule has 3 N–H and O–H groups in total. The Morgan fingerprint density at radius 2 is 2.07 bits per heavy atom. The van der Waals surface area contributed by atoms with Crippen LogP contribution in [0.15, 0.2) is 17.0 Å². The molecule has 0 saturated carbocycles. The largest absolute Gasteiger partial charge is 0.507 e. The van der Waals surface area contributed by atoms with Gasteiger partial charge < -0.3 is 15.3 Å². The van der Waals surface area contributed by atoms with Crippen molar-refractivity contribution in [2.45, 2.75) is 17.9 Å². The first-order chi connectivity index (χ1) is 6.99. The van der Waals surface area contributed by atoms with Crippen molar-refractivity contribution in [3.8, 4) is 5.75 Å². The fourth-order valence-corrected chi connectivity index (χ4v) is 1.90. The van der Waals surface area contributed by atoms with Crippen LogP contribution in [0, 0.1) is 6.92 Å². The number of aryl methyl sites for hydroxylation is 1. The van der Waals surface area contributed by atoms with E-state index in [1.165, 1.54) is 11.8 Å². The molecule has 1 unspecified atom stereocenters. The Bertz CT molecular complexity index is 389. The van der Waals surface area contributed by atoms with Gasteiger partial charge in [0.1, 0.15) is 5.75 Å². The smallest absolute Gasteiger partial charge is 0.337 e. The van der Waals surface area contributed by atoms with E-state index in [2.05, 4.69) is 0 Å². The summed E-state index contributed by atoms with van der Waals surface area (Å²) < 4.78 is 0. The Morgan fingerprint density at radius 1 is 1.47 bits per heavy atom. The van der Waals surface area contributed by atoms with Crippen molar-refractivity contribution in [2.24, 2.45) is 0 Å². The average molecular weight is 228 g/mol. The van der Waals surface area contributed by atoms with E-state index < -0.39 is 12.1 Å². The molecule has 0 fully saturated rings. The van der Waals surface area contributed by atoms with Crippen LogP contribution in [0.5, 0.6) is 5.75 Å². The first kappa shape index (κ1) is 11.9. The van der Waals surface area contributed by atoms with Gasteiger partial charge in [-0.2, -0.15) is 0 Å². The highest BCUT2D eigenvalue weighted by Crippen LogP contribution is 2.35. The van der Waals surface area contributed by atoms with Crippen molar-refractivity contribution in [2.75, 3.05) is 6.26 Å². The van der Waals surface area contributed by atoms with E-state index in [9.17, 15) is 15.0 Å². The molecular weight excluding hydrogens is 216 g/mol. The van der Waals surface area contributed by atoms with E-state index in [4.69, 9.17) is 5.11 Å². The Balaban J connectivity index is 3.35. The predicted molar refractivity (Wildman–Crippen MR) is 57.2 cm³/mol.